The van der Waals surface area contributed by atoms with Gasteiger partial charge in [-0.25, -0.2) is 0 Å². The molecule has 4 nitrogen and oxygen atoms in total. The third-order valence-electron chi connectivity index (χ3n) is 5.11. The van der Waals surface area contributed by atoms with E-state index in [0.717, 1.165) is 24.9 Å². The Kier molecular flexibility index (Phi) is 4.31. The summed E-state index contributed by atoms with van der Waals surface area (Å²) in [4.78, 5) is 2.45. The molecule has 2 N–H and O–H groups in total. The van der Waals surface area contributed by atoms with Crippen molar-refractivity contribution in [3.05, 3.63) is 18.0 Å². The third-order valence-corrected chi connectivity index (χ3v) is 5.11. The standard InChI is InChI=1S/C15H28N4/c1-12-5-6-15(11-16,7-13(12)2)18(3)9-14-8-17-19(4)10-14/h8,10,12-13H,5-7,9,11,16H2,1-4H3. The Morgan fingerprint density at radius 2 is 2.21 bits per heavy atom. The van der Waals surface area contributed by atoms with Crippen LogP contribution in [0.1, 0.15) is 38.7 Å². The molecule has 1 fully saturated rings. The van der Waals surface area contributed by atoms with E-state index in [4.69, 9.17) is 5.73 Å². The molecule has 108 valence electrons. The lowest BCUT2D eigenvalue weighted by Gasteiger charge is -2.48. The second-order valence-electron chi connectivity index (χ2n) is 6.50. The Morgan fingerprint density at radius 1 is 1.47 bits per heavy atom. The molecular formula is C15H28N4. The zero-order valence-corrected chi connectivity index (χ0v) is 12.8. The van der Waals surface area contributed by atoms with E-state index in [1.807, 2.05) is 17.9 Å². The van der Waals surface area contributed by atoms with Gasteiger partial charge >= 0.3 is 0 Å². The van der Waals surface area contributed by atoms with Gasteiger partial charge in [-0.2, -0.15) is 5.10 Å². The van der Waals surface area contributed by atoms with Crippen LogP contribution in [0.25, 0.3) is 0 Å². The molecule has 0 radical (unpaired) electrons. The summed E-state index contributed by atoms with van der Waals surface area (Å²) in [7, 11) is 4.18. The van der Waals surface area contributed by atoms with Gasteiger partial charge in [0, 0.05) is 37.4 Å². The van der Waals surface area contributed by atoms with Crippen molar-refractivity contribution in [3.8, 4) is 0 Å². The normalized spacial score (nSPS) is 31.9. The summed E-state index contributed by atoms with van der Waals surface area (Å²) in [5.74, 6) is 1.58. The number of likely N-dealkylation sites (N-methyl/N-ethyl adjacent to an activating group) is 1. The first-order valence-electron chi connectivity index (χ1n) is 7.36. The molecule has 1 aliphatic rings. The first kappa shape index (κ1) is 14.5. The predicted octanol–water partition coefficient (Wildman–Crippen LogP) is 2.01. The summed E-state index contributed by atoms with van der Waals surface area (Å²) in [6.07, 6.45) is 7.76. The number of hydrogen-bond acceptors (Lipinski definition) is 3. The fraction of sp³-hybridized carbons (Fsp3) is 0.800. The van der Waals surface area contributed by atoms with Gasteiger partial charge in [-0.1, -0.05) is 13.8 Å². The Hall–Kier alpha value is -0.870. The maximum atomic E-state index is 6.14. The fourth-order valence-electron chi connectivity index (χ4n) is 3.37. The summed E-state index contributed by atoms with van der Waals surface area (Å²) >= 11 is 0. The van der Waals surface area contributed by atoms with E-state index in [9.17, 15) is 0 Å². The molecule has 2 rings (SSSR count). The van der Waals surface area contributed by atoms with Crippen molar-refractivity contribution in [2.24, 2.45) is 24.6 Å². The van der Waals surface area contributed by atoms with E-state index >= 15 is 0 Å². The van der Waals surface area contributed by atoms with E-state index < -0.39 is 0 Å². The van der Waals surface area contributed by atoms with Crippen LogP contribution in [0.4, 0.5) is 0 Å². The quantitative estimate of drug-likeness (QED) is 0.905. The number of aryl methyl sites for hydroxylation is 1. The second-order valence-corrected chi connectivity index (χ2v) is 6.50. The largest absolute Gasteiger partial charge is 0.329 e. The summed E-state index contributed by atoms with van der Waals surface area (Å²) in [6.45, 7) is 6.42. The highest BCUT2D eigenvalue weighted by Crippen LogP contribution is 2.39. The molecule has 0 saturated heterocycles. The van der Waals surface area contributed by atoms with Crippen LogP contribution in [0.3, 0.4) is 0 Å². The molecule has 1 aromatic rings. The Labute approximate surface area is 117 Å². The number of nitrogens with zero attached hydrogens (tertiary/aromatic N) is 3. The topological polar surface area (TPSA) is 47.1 Å². The van der Waals surface area contributed by atoms with Crippen LogP contribution in [-0.2, 0) is 13.6 Å². The van der Waals surface area contributed by atoms with Gasteiger partial charge in [0.25, 0.3) is 0 Å². The highest BCUT2D eigenvalue weighted by Gasteiger charge is 2.39. The van der Waals surface area contributed by atoms with Crippen molar-refractivity contribution in [2.75, 3.05) is 13.6 Å². The molecule has 0 bridgehead atoms. The molecule has 3 atom stereocenters. The highest BCUT2D eigenvalue weighted by atomic mass is 15.2. The van der Waals surface area contributed by atoms with Crippen LogP contribution in [0, 0.1) is 11.8 Å². The predicted molar refractivity (Wildman–Crippen MR) is 78.6 cm³/mol. The number of hydrogen-bond donors (Lipinski definition) is 1. The number of aromatic nitrogens is 2. The lowest BCUT2D eigenvalue weighted by Crippen LogP contribution is -2.55. The first-order valence-corrected chi connectivity index (χ1v) is 7.36. The minimum absolute atomic E-state index is 0.168. The van der Waals surface area contributed by atoms with Gasteiger partial charge in [-0.3, -0.25) is 9.58 Å². The molecular weight excluding hydrogens is 236 g/mol. The van der Waals surface area contributed by atoms with Crippen molar-refractivity contribution < 1.29 is 0 Å². The Morgan fingerprint density at radius 3 is 2.74 bits per heavy atom. The zero-order chi connectivity index (χ0) is 14.0. The van der Waals surface area contributed by atoms with E-state index in [2.05, 4.69) is 37.1 Å². The summed E-state index contributed by atoms with van der Waals surface area (Å²) in [6, 6.07) is 0. The molecule has 0 spiro atoms. The molecule has 0 aliphatic heterocycles. The maximum absolute atomic E-state index is 6.14. The molecule has 1 saturated carbocycles. The Bertz CT molecular complexity index is 414. The SMILES string of the molecule is CC1CCC(CN)(N(C)Cc2cnn(C)c2)CC1C. The van der Waals surface area contributed by atoms with E-state index in [1.54, 1.807) is 0 Å². The van der Waals surface area contributed by atoms with Gasteiger partial charge in [0.05, 0.1) is 6.20 Å². The number of rotatable bonds is 4. The monoisotopic (exact) mass is 264 g/mol. The van der Waals surface area contributed by atoms with Gasteiger partial charge in [0.15, 0.2) is 0 Å². The molecule has 3 unspecified atom stereocenters. The number of nitrogens with two attached hydrogens (primary N) is 1. The van der Waals surface area contributed by atoms with Gasteiger partial charge in [0.2, 0.25) is 0 Å². The average Bonchev–Trinajstić information content (AvgIpc) is 2.78. The smallest absolute Gasteiger partial charge is 0.0534 e. The molecule has 1 aromatic heterocycles. The zero-order valence-electron chi connectivity index (χ0n) is 12.8. The van der Waals surface area contributed by atoms with E-state index in [-0.39, 0.29) is 5.54 Å². The van der Waals surface area contributed by atoms with Crippen LogP contribution in [-0.4, -0.2) is 33.8 Å². The summed E-state index contributed by atoms with van der Waals surface area (Å²) < 4.78 is 1.86. The van der Waals surface area contributed by atoms with Gasteiger partial charge in [-0.15, -0.1) is 0 Å². The van der Waals surface area contributed by atoms with Crippen LogP contribution in [0.15, 0.2) is 12.4 Å². The maximum Gasteiger partial charge on any atom is 0.0534 e. The molecule has 19 heavy (non-hydrogen) atoms. The lowest BCUT2D eigenvalue weighted by atomic mass is 9.70. The molecule has 4 heteroatoms. The summed E-state index contributed by atoms with van der Waals surface area (Å²) in [5, 5.41) is 4.25. The van der Waals surface area contributed by atoms with Crippen LogP contribution in [0.2, 0.25) is 0 Å². The minimum Gasteiger partial charge on any atom is -0.329 e. The van der Waals surface area contributed by atoms with Crippen LogP contribution in [0.5, 0.6) is 0 Å². The van der Waals surface area contributed by atoms with E-state index in [0.29, 0.717) is 0 Å². The third kappa shape index (κ3) is 3.00. The molecule has 0 amide bonds. The fourth-order valence-corrected chi connectivity index (χ4v) is 3.37. The average molecular weight is 264 g/mol. The first-order chi connectivity index (χ1) is 8.97. The molecule has 0 aromatic carbocycles. The minimum atomic E-state index is 0.168. The van der Waals surface area contributed by atoms with E-state index in [1.165, 1.54) is 24.8 Å². The summed E-state index contributed by atoms with van der Waals surface area (Å²) in [5.41, 5.74) is 7.58. The van der Waals surface area contributed by atoms with Gasteiger partial charge in [0.1, 0.15) is 0 Å². The molecule has 1 heterocycles. The highest BCUT2D eigenvalue weighted by molar-refractivity contribution is 5.06. The Balaban J connectivity index is 2.08. The van der Waals surface area contributed by atoms with Crippen LogP contribution < -0.4 is 5.73 Å². The van der Waals surface area contributed by atoms with Crippen molar-refractivity contribution in [3.63, 3.8) is 0 Å². The van der Waals surface area contributed by atoms with Gasteiger partial charge < -0.3 is 5.73 Å². The lowest BCUT2D eigenvalue weighted by molar-refractivity contribution is 0.0349. The van der Waals surface area contributed by atoms with Crippen molar-refractivity contribution in [1.29, 1.82) is 0 Å². The van der Waals surface area contributed by atoms with Crippen LogP contribution >= 0.6 is 0 Å². The van der Waals surface area contributed by atoms with Crippen molar-refractivity contribution in [1.82, 2.24) is 14.7 Å². The second kappa shape index (κ2) is 5.63. The molecule has 1 aliphatic carbocycles. The van der Waals surface area contributed by atoms with Gasteiger partial charge in [-0.05, 0) is 38.1 Å². The van der Waals surface area contributed by atoms with Crippen molar-refractivity contribution in [2.45, 2.75) is 45.2 Å². The van der Waals surface area contributed by atoms with Crippen molar-refractivity contribution >= 4 is 0 Å².